The number of rotatable bonds is 10. The molecule has 0 aliphatic rings. The van der Waals surface area contributed by atoms with E-state index in [-0.39, 0.29) is 5.91 Å². The van der Waals surface area contributed by atoms with Crippen LogP contribution < -0.4 is 10.1 Å². The van der Waals surface area contributed by atoms with Crippen molar-refractivity contribution in [3.63, 3.8) is 0 Å². The summed E-state index contributed by atoms with van der Waals surface area (Å²) in [6.07, 6.45) is 2.58. The molecule has 0 aliphatic heterocycles. The van der Waals surface area contributed by atoms with E-state index in [0.717, 1.165) is 34.7 Å². The van der Waals surface area contributed by atoms with Crippen LogP contribution in [0, 0.1) is 0 Å². The number of likely N-dealkylation sites (N-methyl/N-ethyl adjacent to an activating group) is 1. The molecule has 2 aromatic carbocycles. The van der Waals surface area contributed by atoms with Gasteiger partial charge in [-0.25, -0.2) is 8.42 Å². The Kier molecular flexibility index (Phi) is 8.02. The van der Waals surface area contributed by atoms with E-state index >= 15 is 0 Å². The van der Waals surface area contributed by atoms with E-state index in [1.54, 1.807) is 24.3 Å². The van der Waals surface area contributed by atoms with Gasteiger partial charge in [-0.15, -0.1) is 0 Å². The van der Waals surface area contributed by atoms with Gasteiger partial charge < -0.3 is 10.1 Å². The highest BCUT2D eigenvalue weighted by Crippen LogP contribution is 2.22. The molecule has 2 aromatic rings. The Bertz CT molecular complexity index is 869. The molecule has 1 atom stereocenters. The molecule has 28 heavy (non-hydrogen) atoms. The molecule has 0 aromatic heterocycles. The number of hydrogen-bond donors (Lipinski definition) is 1. The Hall–Kier alpha value is -2.38. The van der Waals surface area contributed by atoms with Crippen LogP contribution in [0.1, 0.15) is 30.5 Å². The fourth-order valence-electron chi connectivity index (χ4n) is 2.95. The number of nitrogens with one attached hydrogen (secondary N) is 1. The standard InChI is InChI=1S/C21H28N2O4S/c1-4-27-19-15-9-8-11-17(19)14-10-16-22-21(24)20(23(2)28(3,25)26)18-12-6-5-7-13-18/h5-9,11-13,15,20H,4,10,14,16H2,1-3H3,(H,22,24)/t20-/m1/s1. The molecular formula is C21H28N2O4S. The molecule has 7 heteroatoms. The number of aryl methyl sites for hydroxylation is 1. The summed E-state index contributed by atoms with van der Waals surface area (Å²) >= 11 is 0. The number of benzene rings is 2. The number of sulfonamides is 1. The van der Waals surface area contributed by atoms with E-state index in [0.29, 0.717) is 18.7 Å². The van der Waals surface area contributed by atoms with Crippen molar-refractivity contribution in [2.24, 2.45) is 0 Å². The minimum Gasteiger partial charge on any atom is -0.494 e. The summed E-state index contributed by atoms with van der Waals surface area (Å²) in [6.45, 7) is 2.99. The van der Waals surface area contributed by atoms with Crippen LogP contribution in [-0.4, -0.2) is 45.1 Å². The molecule has 1 N–H and O–H groups in total. The maximum absolute atomic E-state index is 12.8. The SMILES string of the molecule is CCOc1ccccc1CCCNC(=O)[C@@H](c1ccccc1)N(C)S(C)(=O)=O. The molecule has 6 nitrogen and oxygen atoms in total. The molecular weight excluding hydrogens is 376 g/mol. The molecule has 0 radical (unpaired) electrons. The first-order valence-corrected chi connectivity index (χ1v) is 11.2. The second-order valence-corrected chi connectivity index (χ2v) is 8.57. The molecule has 0 fully saturated rings. The van der Waals surface area contributed by atoms with Crippen LogP contribution >= 0.6 is 0 Å². The number of para-hydroxylation sites is 1. The number of nitrogens with zero attached hydrogens (tertiary/aromatic N) is 1. The monoisotopic (exact) mass is 404 g/mol. The lowest BCUT2D eigenvalue weighted by molar-refractivity contribution is -0.124. The summed E-state index contributed by atoms with van der Waals surface area (Å²) in [6, 6.07) is 15.9. The normalized spacial score (nSPS) is 12.6. The summed E-state index contributed by atoms with van der Waals surface area (Å²) in [5.74, 6) is 0.521. The molecule has 0 spiro atoms. The smallest absolute Gasteiger partial charge is 0.242 e. The van der Waals surface area contributed by atoms with Crippen LogP contribution in [0.25, 0.3) is 0 Å². The quantitative estimate of drug-likeness (QED) is 0.618. The summed E-state index contributed by atoms with van der Waals surface area (Å²) in [7, 11) is -2.10. The topological polar surface area (TPSA) is 75.7 Å². The van der Waals surface area contributed by atoms with E-state index in [1.807, 2.05) is 37.3 Å². The van der Waals surface area contributed by atoms with Crippen LogP contribution in [0.2, 0.25) is 0 Å². The van der Waals surface area contributed by atoms with Gasteiger partial charge in [0.15, 0.2) is 0 Å². The number of ether oxygens (including phenoxy) is 1. The lowest BCUT2D eigenvalue weighted by Gasteiger charge is -2.25. The van der Waals surface area contributed by atoms with Crippen molar-refractivity contribution in [1.29, 1.82) is 0 Å². The van der Waals surface area contributed by atoms with Gasteiger partial charge in [-0.1, -0.05) is 48.5 Å². The van der Waals surface area contributed by atoms with Crippen molar-refractivity contribution < 1.29 is 17.9 Å². The number of carbonyl (C=O) groups is 1. The highest BCUT2D eigenvalue weighted by atomic mass is 32.2. The highest BCUT2D eigenvalue weighted by molar-refractivity contribution is 7.88. The fourth-order valence-corrected chi connectivity index (χ4v) is 3.55. The largest absolute Gasteiger partial charge is 0.494 e. The third-order valence-electron chi connectivity index (χ3n) is 4.44. The molecule has 1 amide bonds. The molecule has 0 aliphatic carbocycles. The third-order valence-corrected chi connectivity index (χ3v) is 5.70. The first kappa shape index (κ1) is 21.9. The Labute approximate surface area is 167 Å². The van der Waals surface area contributed by atoms with Gasteiger partial charge in [-0.05, 0) is 37.0 Å². The molecule has 152 valence electrons. The van der Waals surface area contributed by atoms with Gasteiger partial charge in [0.2, 0.25) is 15.9 Å². The van der Waals surface area contributed by atoms with E-state index in [9.17, 15) is 13.2 Å². The summed E-state index contributed by atoms with van der Waals surface area (Å²) < 4.78 is 30.7. The van der Waals surface area contributed by atoms with Gasteiger partial charge in [0.25, 0.3) is 0 Å². The minimum absolute atomic E-state index is 0.336. The zero-order valence-electron chi connectivity index (χ0n) is 16.6. The maximum Gasteiger partial charge on any atom is 0.242 e. The van der Waals surface area contributed by atoms with Crippen LogP contribution in [0.5, 0.6) is 5.75 Å². The van der Waals surface area contributed by atoms with Gasteiger partial charge in [0, 0.05) is 13.6 Å². The van der Waals surface area contributed by atoms with Gasteiger partial charge in [0.1, 0.15) is 11.8 Å². The Morgan fingerprint density at radius 1 is 1.11 bits per heavy atom. The Morgan fingerprint density at radius 3 is 2.39 bits per heavy atom. The van der Waals surface area contributed by atoms with Crippen molar-refractivity contribution in [2.45, 2.75) is 25.8 Å². The first-order chi connectivity index (χ1) is 13.3. The van der Waals surface area contributed by atoms with Crippen LogP contribution in [0.4, 0.5) is 0 Å². The van der Waals surface area contributed by atoms with E-state index in [1.165, 1.54) is 7.05 Å². The van der Waals surface area contributed by atoms with E-state index < -0.39 is 16.1 Å². The van der Waals surface area contributed by atoms with Gasteiger partial charge >= 0.3 is 0 Å². The Balaban J connectivity index is 2.01. The second-order valence-electron chi connectivity index (χ2n) is 6.53. The molecule has 0 saturated heterocycles. The maximum atomic E-state index is 12.8. The van der Waals surface area contributed by atoms with Crippen molar-refractivity contribution in [3.05, 3.63) is 65.7 Å². The molecule has 0 bridgehead atoms. The molecule has 0 saturated carbocycles. The Morgan fingerprint density at radius 2 is 1.75 bits per heavy atom. The zero-order valence-corrected chi connectivity index (χ0v) is 17.4. The molecule has 0 heterocycles. The van der Waals surface area contributed by atoms with Gasteiger partial charge in [0.05, 0.1) is 12.9 Å². The van der Waals surface area contributed by atoms with E-state index in [4.69, 9.17) is 4.74 Å². The lowest BCUT2D eigenvalue weighted by atomic mass is 10.1. The number of amides is 1. The zero-order chi connectivity index (χ0) is 20.6. The fraction of sp³-hybridized carbons (Fsp3) is 0.381. The number of hydrogen-bond acceptors (Lipinski definition) is 4. The summed E-state index contributed by atoms with van der Waals surface area (Å²) in [5.41, 5.74) is 1.72. The second kappa shape index (κ2) is 10.2. The summed E-state index contributed by atoms with van der Waals surface area (Å²) in [4.78, 5) is 12.8. The summed E-state index contributed by atoms with van der Waals surface area (Å²) in [5, 5.41) is 2.87. The van der Waals surface area contributed by atoms with Crippen molar-refractivity contribution in [3.8, 4) is 5.75 Å². The van der Waals surface area contributed by atoms with Gasteiger partial charge in [-0.2, -0.15) is 4.31 Å². The predicted molar refractivity (Wildman–Crippen MR) is 111 cm³/mol. The van der Waals surface area contributed by atoms with E-state index in [2.05, 4.69) is 5.32 Å². The van der Waals surface area contributed by atoms with Gasteiger partial charge in [-0.3, -0.25) is 4.79 Å². The highest BCUT2D eigenvalue weighted by Gasteiger charge is 2.30. The average Bonchev–Trinajstić information content (AvgIpc) is 2.67. The van der Waals surface area contributed by atoms with Crippen molar-refractivity contribution in [2.75, 3.05) is 26.5 Å². The predicted octanol–water partition coefficient (Wildman–Crippen LogP) is 2.77. The van der Waals surface area contributed by atoms with Crippen LogP contribution in [-0.2, 0) is 21.2 Å². The molecule has 2 rings (SSSR count). The van der Waals surface area contributed by atoms with Crippen molar-refractivity contribution >= 4 is 15.9 Å². The first-order valence-electron chi connectivity index (χ1n) is 9.31. The van der Waals surface area contributed by atoms with Crippen molar-refractivity contribution in [1.82, 2.24) is 9.62 Å². The van der Waals surface area contributed by atoms with Crippen LogP contribution in [0.15, 0.2) is 54.6 Å². The molecule has 0 unspecified atom stereocenters. The average molecular weight is 405 g/mol. The lowest BCUT2D eigenvalue weighted by Crippen LogP contribution is -2.41. The number of carbonyl (C=O) groups excluding carboxylic acids is 1. The minimum atomic E-state index is -3.52. The van der Waals surface area contributed by atoms with Crippen LogP contribution in [0.3, 0.4) is 0 Å². The third kappa shape index (κ3) is 6.07.